The van der Waals surface area contributed by atoms with E-state index in [1.165, 1.54) is 12.1 Å². The molecule has 0 spiro atoms. The van der Waals surface area contributed by atoms with Gasteiger partial charge in [0.15, 0.2) is 0 Å². The number of amides is 2. The molecule has 7 nitrogen and oxygen atoms in total. The third-order valence-electron chi connectivity index (χ3n) is 3.45. The molecule has 0 unspecified atom stereocenters. The molecule has 0 aliphatic heterocycles. The molecule has 146 valence electrons. The highest BCUT2D eigenvalue weighted by atomic mass is 35.5. The monoisotopic (exact) mass is 422 g/mol. The van der Waals surface area contributed by atoms with E-state index < -0.39 is 18.0 Å². The normalized spacial score (nSPS) is 10.9. The fourth-order valence-corrected chi connectivity index (χ4v) is 2.64. The first-order valence-corrected chi connectivity index (χ1v) is 8.76. The summed E-state index contributed by atoms with van der Waals surface area (Å²) < 4.78 is 9.63. The first kappa shape index (κ1) is 21.4. The van der Waals surface area contributed by atoms with Gasteiger partial charge in [-0.2, -0.15) is 0 Å². The second-order valence-electron chi connectivity index (χ2n) is 5.37. The standard InChI is InChI=1S/C19H16Cl2N2O5/c1-27-18(25)15(23-17(24)16-13(20)8-5-9-14(16)21)10-22-19(26)28-11-12-6-3-2-4-7-12/h2-9H,10-11H2,1H3,(H,22,26). The Hall–Kier alpha value is -2.90. The zero-order valence-electron chi connectivity index (χ0n) is 14.8. The Kier molecular flexibility index (Phi) is 7.98. The van der Waals surface area contributed by atoms with Crippen LogP contribution in [0.15, 0.2) is 53.5 Å². The van der Waals surface area contributed by atoms with Crippen molar-refractivity contribution in [2.75, 3.05) is 13.7 Å². The highest BCUT2D eigenvalue weighted by Crippen LogP contribution is 2.25. The summed E-state index contributed by atoms with van der Waals surface area (Å²) in [6.07, 6.45) is -0.788. The zero-order valence-corrected chi connectivity index (χ0v) is 16.3. The van der Waals surface area contributed by atoms with Gasteiger partial charge in [-0.15, -0.1) is 0 Å². The maximum absolute atomic E-state index is 12.4. The van der Waals surface area contributed by atoms with Gasteiger partial charge in [-0.05, 0) is 17.7 Å². The van der Waals surface area contributed by atoms with Gasteiger partial charge in [0.05, 0.1) is 29.3 Å². The molecule has 0 aliphatic carbocycles. The predicted octanol–water partition coefficient (Wildman–Crippen LogP) is 3.67. The average Bonchev–Trinajstić information content (AvgIpc) is 2.69. The number of carbonyl (C=O) groups excluding carboxylic acids is 3. The molecular formula is C19H16Cl2N2O5. The number of ether oxygens (including phenoxy) is 2. The molecule has 0 aliphatic rings. The van der Waals surface area contributed by atoms with E-state index in [0.29, 0.717) is 0 Å². The van der Waals surface area contributed by atoms with Crippen LogP contribution < -0.4 is 5.32 Å². The Balaban J connectivity index is 2.05. The van der Waals surface area contributed by atoms with E-state index in [2.05, 4.69) is 15.0 Å². The molecule has 0 radical (unpaired) electrons. The van der Waals surface area contributed by atoms with Crippen molar-refractivity contribution in [1.82, 2.24) is 5.32 Å². The van der Waals surface area contributed by atoms with E-state index in [9.17, 15) is 14.4 Å². The van der Waals surface area contributed by atoms with Gasteiger partial charge in [-0.25, -0.2) is 14.6 Å². The molecule has 0 bridgehead atoms. The Labute approximate surface area is 171 Å². The van der Waals surface area contributed by atoms with Crippen LogP contribution in [0.25, 0.3) is 0 Å². The number of rotatable bonds is 6. The van der Waals surface area contributed by atoms with E-state index in [-0.39, 0.29) is 34.5 Å². The average molecular weight is 423 g/mol. The van der Waals surface area contributed by atoms with E-state index in [1.807, 2.05) is 18.2 Å². The van der Waals surface area contributed by atoms with E-state index >= 15 is 0 Å². The number of carbonyl (C=O) groups is 3. The molecule has 0 atom stereocenters. The van der Waals surface area contributed by atoms with Crippen LogP contribution in [0.4, 0.5) is 4.79 Å². The van der Waals surface area contributed by atoms with Crippen molar-refractivity contribution in [3.05, 3.63) is 69.7 Å². The molecule has 2 amide bonds. The molecule has 0 saturated heterocycles. The fourth-order valence-electron chi connectivity index (χ4n) is 2.09. The van der Waals surface area contributed by atoms with Crippen molar-refractivity contribution in [1.29, 1.82) is 0 Å². The van der Waals surface area contributed by atoms with Crippen LogP contribution in [0.1, 0.15) is 15.9 Å². The summed E-state index contributed by atoms with van der Waals surface area (Å²) in [5.41, 5.74) is 0.405. The lowest BCUT2D eigenvalue weighted by atomic mass is 10.2. The smallest absolute Gasteiger partial charge is 0.407 e. The maximum atomic E-state index is 12.4. The van der Waals surface area contributed by atoms with Crippen molar-refractivity contribution in [3.8, 4) is 0 Å². The third-order valence-corrected chi connectivity index (χ3v) is 4.08. The lowest BCUT2D eigenvalue weighted by molar-refractivity contribution is -0.132. The molecule has 2 aromatic carbocycles. The first-order valence-electron chi connectivity index (χ1n) is 8.01. The van der Waals surface area contributed by atoms with Crippen LogP contribution in [-0.4, -0.2) is 37.3 Å². The fraction of sp³-hybridized carbons (Fsp3) is 0.158. The van der Waals surface area contributed by atoms with Gasteiger partial charge < -0.3 is 14.8 Å². The Morgan fingerprint density at radius 3 is 2.25 bits per heavy atom. The number of halogens is 2. The second kappa shape index (κ2) is 10.4. The van der Waals surface area contributed by atoms with Crippen molar-refractivity contribution < 1.29 is 23.9 Å². The van der Waals surface area contributed by atoms with Gasteiger partial charge in [0.2, 0.25) is 0 Å². The molecule has 1 N–H and O–H groups in total. The van der Waals surface area contributed by atoms with Gasteiger partial charge in [0, 0.05) is 0 Å². The minimum absolute atomic E-state index is 0.0472. The summed E-state index contributed by atoms with van der Waals surface area (Å²) >= 11 is 11.9. The largest absolute Gasteiger partial charge is 0.464 e. The van der Waals surface area contributed by atoms with Crippen LogP contribution >= 0.6 is 23.2 Å². The number of hydrogen-bond acceptors (Lipinski definition) is 5. The first-order chi connectivity index (χ1) is 13.4. The lowest BCUT2D eigenvalue weighted by Gasteiger charge is -2.09. The van der Waals surface area contributed by atoms with E-state index in [1.54, 1.807) is 18.2 Å². The summed E-state index contributed by atoms with van der Waals surface area (Å²) in [6.45, 7) is -0.334. The molecule has 0 heterocycles. The molecular weight excluding hydrogens is 407 g/mol. The van der Waals surface area contributed by atoms with Gasteiger partial charge in [0.1, 0.15) is 12.3 Å². The number of nitrogens with zero attached hydrogens (tertiary/aromatic N) is 1. The predicted molar refractivity (Wildman–Crippen MR) is 105 cm³/mol. The van der Waals surface area contributed by atoms with Crippen LogP contribution in [0.3, 0.4) is 0 Å². The van der Waals surface area contributed by atoms with Crippen molar-refractivity contribution >= 4 is 46.9 Å². The third kappa shape index (κ3) is 6.07. The number of hydrogen-bond donors (Lipinski definition) is 1. The summed E-state index contributed by atoms with van der Waals surface area (Å²) in [4.78, 5) is 39.8. The summed E-state index contributed by atoms with van der Waals surface area (Å²) in [5, 5.41) is 2.51. The molecule has 9 heteroatoms. The van der Waals surface area contributed by atoms with Crippen molar-refractivity contribution in [2.45, 2.75) is 6.61 Å². The highest BCUT2D eigenvalue weighted by Gasteiger charge is 2.19. The number of alkyl carbamates (subject to hydrolysis) is 1. The van der Waals surface area contributed by atoms with Crippen LogP contribution in [0, 0.1) is 0 Å². The van der Waals surface area contributed by atoms with E-state index in [0.717, 1.165) is 12.7 Å². The quantitative estimate of drug-likeness (QED) is 0.565. The Morgan fingerprint density at radius 2 is 1.64 bits per heavy atom. The molecule has 0 fully saturated rings. The van der Waals surface area contributed by atoms with Crippen LogP contribution in [0.5, 0.6) is 0 Å². The molecule has 28 heavy (non-hydrogen) atoms. The van der Waals surface area contributed by atoms with Gasteiger partial charge >= 0.3 is 12.1 Å². The van der Waals surface area contributed by atoms with E-state index in [4.69, 9.17) is 27.9 Å². The summed E-state index contributed by atoms with van der Waals surface area (Å²) in [6, 6.07) is 13.5. The number of nitrogens with one attached hydrogen (secondary N) is 1. The van der Waals surface area contributed by atoms with Gasteiger partial charge in [-0.3, -0.25) is 4.79 Å². The minimum atomic E-state index is -0.889. The van der Waals surface area contributed by atoms with Gasteiger partial charge in [-0.1, -0.05) is 59.6 Å². The Morgan fingerprint density at radius 1 is 1.00 bits per heavy atom. The number of methoxy groups -OCH3 is 1. The number of esters is 1. The topological polar surface area (TPSA) is 94.1 Å². The Bertz CT molecular complexity index is 880. The zero-order chi connectivity index (χ0) is 20.5. The molecule has 0 aromatic heterocycles. The minimum Gasteiger partial charge on any atom is -0.464 e. The molecule has 2 aromatic rings. The van der Waals surface area contributed by atoms with Gasteiger partial charge in [0.25, 0.3) is 5.91 Å². The number of aliphatic imine (C=N–C) groups is 1. The number of benzene rings is 2. The van der Waals surface area contributed by atoms with Crippen molar-refractivity contribution in [3.63, 3.8) is 0 Å². The second-order valence-corrected chi connectivity index (χ2v) is 6.18. The molecule has 2 rings (SSSR count). The maximum Gasteiger partial charge on any atom is 0.407 e. The lowest BCUT2D eigenvalue weighted by Crippen LogP contribution is -2.34. The van der Waals surface area contributed by atoms with Crippen LogP contribution in [-0.2, 0) is 20.9 Å². The molecule has 0 saturated carbocycles. The van der Waals surface area contributed by atoms with Crippen molar-refractivity contribution in [2.24, 2.45) is 4.99 Å². The summed E-state index contributed by atoms with van der Waals surface area (Å²) in [7, 11) is 1.12. The highest BCUT2D eigenvalue weighted by molar-refractivity contribution is 6.42. The SMILES string of the molecule is COC(=O)C(CNC(=O)OCc1ccccc1)=NC(=O)c1c(Cl)cccc1Cl. The van der Waals surface area contributed by atoms with Crippen LogP contribution in [0.2, 0.25) is 10.0 Å². The summed E-state index contributed by atoms with van der Waals surface area (Å²) in [5.74, 6) is -1.73.